The van der Waals surface area contributed by atoms with Gasteiger partial charge in [0.15, 0.2) is 0 Å². The third-order valence-electron chi connectivity index (χ3n) is 5.30. The van der Waals surface area contributed by atoms with E-state index < -0.39 is 0 Å². The highest BCUT2D eigenvalue weighted by Gasteiger charge is 2.31. The van der Waals surface area contributed by atoms with Crippen LogP contribution in [0.15, 0.2) is 42.7 Å². The van der Waals surface area contributed by atoms with Gasteiger partial charge in [0.25, 0.3) is 5.91 Å². The third-order valence-corrected chi connectivity index (χ3v) is 5.93. The van der Waals surface area contributed by atoms with Gasteiger partial charge in [-0.3, -0.25) is 4.79 Å². The fraction of sp³-hybridized carbons (Fsp3) is 0.304. The molecule has 3 heterocycles. The summed E-state index contributed by atoms with van der Waals surface area (Å²) in [4.78, 5) is 25.8. The van der Waals surface area contributed by atoms with Crippen LogP contribution >= 0.6 is 11.8 Å². The van der Waals surface area contributed by atoms with Gasteiger partial charge >= 0.3 is 0 Å². The second-order valence-corrected chi connectivity index (χ2v) is 9.03. The minimum Gasteiger partial charge on any atom is -0.351 e. The van der Waals surface area contributed by atoms with Crippen LogP contribution in [0.2, 0.25) is 0 Å². The molecule has 0 saturated carbocycles. The van der Waals surface area contributed by atoms with Crippen LogP contribution in [0, 0.1) is 6.92 Å². The van der Waals surface area contributed by atoms with Gasteiger partial charge in [0, 0.05) is 41.2 Å². The van der Waals surface area contributed by atoms with E-state index in [9.17, 15) is 4.79 Å². The second kappa shape index (κ2) is 8.07. The molecule has 2 N–H and O–H groups in total. The Morgan fingerprint density at radius 1 is 1.20 bits per heavy atom. The van der Waals surface area contributed by atoms with Crippen LogP contribution in [0.5, 0.6) is 0 Å². The predicted octanol–water partition coefficient (Wildman–Crippen LogP) is 4.47. The molecule has 30 heavy (non-hydrogen) atoms. The smallest absolute Gasteiger partial charge is 0.251 e. The lowest BCUT2D eigenvalue weighted by molar-refractivity contribution is 0.0930. The van der Waals surface area contributed by atoms with Gasteiger partial charge in [-0.25, -0.2) is 15.0 Å². The van der Waals surface area contributed by atoms with E-state index in [0.29, 0.717) is 12.5 Å². The molecule has 0 aliphatic carbocycles. The van der Waals surface area contributed by atoms with E-state index in [1.165, 1.54) is 5.56 Å². The zero-order chi connectivity index (χ0) is 21.3. The average Bonchev–Trinajstić information content (AvgIpc) is 2.73. The number of nitrogens with one attached hydrogen (secondary N) is 2. The maximum Gasteiger partial charge on any atom is 0.251 e. The SMILES string of the molecule is CSCc1ccnc(Nc2ncc(C)c(-c3ccc4c(c3)C(C)(C)CNC4=O)n2)c1. The van der Waals surface area contributed by atoms with E-state index in [-0.39, 0.29) is 11.3 Å². The number of benzene rings is 1. The molecule has 0 saturated heterocycles. The summed E-state index contributed by atoms with van der Waals surface area (Å²) in [5, 5.41) is 6.19. The zero-order valence-corrected chi connectivity index (χ0v) is 18.4. The largest absolute Gasteiger partial charge is 0.351 e. The minimum absolute atomic E-state index is 0.0196. The highest BCUT2D eigenvalue weighted by atomic mass is 32.2. The first-order valence-electron chi connectivity index (χ1n) is 9.85. The normalized spacial score (nSPS) is 14.7. The molecule has 0 spiro atoms. The quantitative estimate of drug-likeness (QED) is 0.635. The Balaban J connectivity index is 1.69. The van der Waals surface area contributed by atoms with E-state index in [0.717, 1.165) is 39.5 Å². The maximum absolute atomic E-state index is 12.3. The summed E-state index contributed by atoms with van der Waals surface area (Å²) < 4.78 is 0. The summed E-state index contributed by atoms with van der Waals surface area (Å²) >= 11 is 1.77. The molecule has 0 atom stereocenters. The highest BCUT2D eigenvalue weighted by Crippen LogP contribution is 2.33. The standard InChI is InChI=1S/C23H25N5OS/c1-14-11-25-22(27-19-9-15(12-30-4)7-8-24-19)28-20(14)16-5-6-17-18(10-16)23(2,3)13-26-21(17)29/h5-11H,12-13H2,1-4H3,(H,26,29)(H,24,25,27,28). The molecular formula is C23H25N5OS. The van der Waals surface area contributed by atoms with Crippen LogP contribution in [0.1, 0.15) is 40.9 Å². The van der Waals surface area contributed by atoms with E-state index >= 15 is 0 Å². The number of pyridine rings is 1. The molecule has 3 aromatic rings. The Kier molecular flexibility index (Phi) is 5.47. The number of rotatable bonds is 5. The van der Waals surface area contributed by atoms with Crippen LogP contribution in [0.3, 0.4) is 0 Å². The number of aryl methyl sites for hydroxylation is 1. The van der Waals surface area contributed by atoms with Crippen LogP contribution in [-0.4, -0.2) is 33.7 Å². The molecular weight excluding hydrogens is 394 g/mol. The fourth-order valence-electron chi connectivity index (χ4n) is 3.65. The fourth-order valence-corrected chi connectivity index (χ4v) is 4.16. The van der Waals surface area contributed by atoms with Crippen LogP contribution < -0.4 is 10.6 Å². The van der Waals surface area contributed by atoms with Crippen molar-refractivity contribution < 1.29 is 4.79 Å². The van der Waals surface area contributed by atoms with Gasteiger partial charge in [0.05, 0.1) is 5.69 Å². The molecule has 0 fully saturated rings. The number of aromatic nitrogens is 3. The summed E-state index contributed by atoms with van der Waals surface area (Å²) in [5.74, 6) is 2.13. The Labute approximate surface area is 181 Å². The molecule has 4 rings (SSSR count). The predicted molar refractivity (Wildman–Crippen MR) is 122 cm³/mol. The first-order valence-corrected chi connectivity index (χ1v) is 11.2. The summed E-state index contributed by atoms with van der Waals surface area (Å²) in [6.07, 6.45) is 5.68. The van der Waals surface area contributed by atoms with Gasteiger partial charge in [0.2, 0.25) is 5.95 Å². The number of nitrogens with zero attached hydrogens (tertiary/aromatic N) is 3. The number of hydrogen-bond donors (Lipinski definition) is 2. The van der Waals surface area contributed by atoms with E-state index in [2.05, 4.69) is 46.8 Å². The first-order chi connectivity index (χ1) is 14.4. The molecule has 6 nitrogen and oxygen atoms in total. The van der Waals surface area contributed by atoms with Crippen LogP contribution in [0.4, 0.5) is 11.8 Å². The summed E-state index contributed by atoms with van der Waals surface area (Å²) in [5.41, 5.74) is 5.63. The van der Waals surface area contributed by atoms with Crippen LogP contribution in [-0.2, 0) is 11.2 Å². The number of carbonyl (C=O) groups excluding carboxylic acids is 1. The Hall–Kier alpha value is -2.93. The van der Waals surface area contributed by atoms with Crippen molar-refractivity contribution in [1.82, 2.24) is 20.3 Å². The van der Waals surface area contributed by atoms with Gasteiger partial charge in [-0.05, 0) is 54.1 Å². The van der Waals surface area contributed by atoms with Crippen LogP contribution in [0.25, 0.3) is 11.3 Å². The molecule has 7 heteroatoms. The Morgan fingerprint density at radius 3 is 2.83 bits per heavy atom. The van der Waals surface area contributed by atoms with Crippen molar-refractivity contribution in [2.75, 3.05) is 18.1 Å². The summed E-state index contributed by atoms with van der Waals surface area (Å²) in [6, 6.07) is 9.96. The van der Waals surface area contributed by atoms with E-state index in [1.54, 1.807) is 18.0 Å². The molecule has 1 aliphatic heterocycles. The van der Waals surface area contributed by atoms with Crippen molar-refractivity contribution in [3.63, 3.8) is 0 Å². The average molecular weight is 420 g/mol. The van der Waals surface area contributed by atoms with Crippen molar-refractivity contribution in [3.05, 3.63) is 65.0 Å². The molecule has 0 radical (unpaired) electrons. The number of thioether (sulfide) groups is 1. The molecule has 1 aliphatic rings. The van der Waals surface area contributed by atoms with Crippen molar-refractivity contribution >= 4 is 29.4 Å². The van der Waals surface area contributed by atoms with Gasteiger partial charge in [-0.1, -0.05) is 19.9 Å². The number of fused-ring (bicyclic) bond motifs is 1. The number of anilines is 2. The van der Waals surface area contributed by atoms with E-state index in [4.69, 9.17) is 4.98 Å². The summed E-state index contributed by atoms with van der Waals surface area (Å²) in [7, 11) is 0. The first kappa shape index (κ1) is 20.3. The van der Waals surface area contributed by atoms with Gasteiger partial charge in [-0.2, -0.15) is 11.8 Å². The number of amides is 1. The number of carbonyl (C=O) groups is 1. The molecule has 1 amide bonds. The van der Waals surface area contributed by atoms with Crippen molar-refractivity contribution in [2.24, 2.45) is 0 Å². The van der Waals surface area contributed by atoms with Gasteiger partial charge in [0.1, 0.15) is 5.82 Å². The zero-order valence-electron chi connectivity index (χ0n) is 17.6. The van der Waals surface area contributed by atoms with Crippen molar-refractivity contribution in [1.29, 1.82) is 0 Å². The highest BCUT2D eigenvalue weighted by molar-refractivity contribution is 7.97. The lowest BCUT2D eigenvalue weighted by Crippen LogP contribution is -2.43. The molecule has 2 aromatic heterocycles. The van der Waals surface area contributed by atoms with Crippen molar-refractivity contribution in [3.8, 4) is 11.3 Å². The summed E-state index contributed by atoms with van der Waals surface area (Å²) in [6.45, 7) is 6.90. The monoisotopic (exact) mass is 419 g/mol. The third kappa shape index (κ3) is 4.03. The molecule has 154 valence electrons. The van der Waals surface area contributed by atoms with Gasteiger partial charge in [-0.15, -0.1) is 0 Å². The topological polar surface area (TPSA) is 79.8 Å². The molecule has 0 bridgehead atoms. The maximum atomic E-state index is 12.3. The Bertz CT molecular complexity index is 1110. The molecule has 1 aromatic carbocycles. The molecule has 0 unspecified atom stereocenters. The lowest BCUT2D eigenvalue weighted by Gasteiger charge is -2.32. The Morgan fingerprint density at radius 2 is 2.03 bits per heavy atom. The van der Waals surface area contributed by atoms with Crippen molar-refractivity contribution in [2.45, 2.75) is 31.9 Å². The number of hydrogen-bond acceptors (Lipinski definition) is 6. The lowest BCUT2D eigenvalue weighted by atomic mass is 9.78. The second-order valence-electron chi connectivity index (χ2n) is 8.16. The van der Waals surface area contributed by atoms with Gasteiger partial charge < -0.3 is 10.6 Å². The van der Waals surface area contributed by atoms with E-state index in [1.807, 2.05) is 37.4 Å². The minimum atomic E-state index is -0.136.